The van der Waals surface area contributed by atoms with Crippen LogP contribution in [0.1, 0.15) is 24.1 Å². The second kappa shape index (κ2) is 9.74. The highest BCUT2D eigenvalue weighted by Crippen LogP contribution is 2.35. The largest absolute Gasteiger partial charge is 0.322 e. The van der Waals surface area contributed by atoms with Crippen LogP contribution >= 0.6 is 62.3 Å². The average molecular weight is 535 g/mol. The summed E-state index contributed by atoms with van der Waals surface area (Å²) in [5, 5.41) is 0.576. The highest BCUT2D eigenvalue weighted by molar-refractivity contribution is 9.10. The van der Waals surface area contributed by atoms with E-state index < -0.39 is 26.6 Å². The van der Waals surface area contributed by atoms with Gasteiger partial charge in [-0.15, -0.1) is 0 Å². The first-order valence-corrected chi connectivity index (χ1v) is 11.1. The second-order valence-corrected chi connectivity index (χ2v) is 10.7. The number of hydrogen-bond acceptors (Lipinski definition) is 3. The molecule has 0 aliphatic rings. The topological polar surface area (TPSA) is 64.3 Å². The third-order valence-electron chi connectivity index (χ3n) is 3.92. The van der Waals surface area contributed by atoms with Crippen LogP contribution in [0, 0.1) is 0 Å². The minimum Gasteiger partial charge on any atom is -0.322 e. The standard InChI is InChI=1S/C17H17BrCl4N2O2S/c1-16(12-4-8-14(19)9-5-12,24-27(25)26-10-17(20,21)22)15(23)11-2-6-13(18)7-3-11/h2-9,15,24H,10,23H2,1H3. The molecule has 0 spiro atoms. The van der Waals surface area contributed by atoms with Gasteiger partial charge >= 0.3 is 0 Å². The molecular formula is C17H17BrCl4N2O2S. The van der Waals surface area contributed by atoms with Gasteiger partial charge in [0, 0.05) is 9.50 Å². The van der Waals surface area contributed by atoms with Crippen LogP contribution in [-0.2, 0) is 21.0 Å². The SMILES string of the molecule is CC(NS(=O)OCC(Cl)(Cl)Cl)(c1ccc(Cl)cc1)C(N)c1ccc(Br)cc1. The van der Waals surface area contributed by atoms with Gasteiger partial charge in [0.15, 0.2) is 0 Å². The van der Waals surface area contributed by atoms with E-state index in [-0.39, 0.29) is 6.61 Å². The second-order valence-electron chi connectivity index (χ2n) is 5.95. The zero-order valence-electron chi connectivity index (χ0n) is 14.1. The van der Waals surface area contributed by atoms with Crippen LogP contribution in [0.25, 0.3) is 0 Å². The normalized spacial score (nSPS) is 16.6. The molecule has 27 heavy (non-hydrogen) atoms. The number of rotatable bonds is 7. The van der Waals surface area contributed by atoms with Gasteiger partial charge < -0.3 is 5.73 Å². The van der Waals surface area contributed by atoms with Gasteiger partial charge in [0.25, 0.3) is 0 Å². The summed E-state index contributed by atoms with van der Waals surface area (Å²) in [5.74, 6) is 0. The maximum absolute atomic E-state index is 12.4. The lowest BCUT2D eigenvalue weighted by atomic mass is 9.82. The van der Waals surface area contributed by atoms with E-state index >= 15 is 0 Å². The number of alkyl halides is 3. The summed E-state index contributed by atoms with van der Waals surface area (Å²) < 4.78 is 19.7. The van der Waals surface area contributed by atoms with Crippen LogP contribution in [0.5, 0.6) is 0 Å². The van der Waals surface area contributed by atoms with Crippen molar-refractivity contribution >= 4 is 73.6 Å². The molecule has 3 N–H and O–H groups in total. The number of hydrogen-bond donors (Lipinski definition) is 2. The van der Waals surface area contributed by atoms with E-state index in [0.717, 1.165) is 15.6 Å². The Balaban J connectivity index is 2.34. The maximum atomic E-state index is 12.4. The van der Waals surface area contributed by atoms with Gasteiger partial charge in [0.05, 0.1) is 11.6 Å². The van der Waals surface area contributed by atoms with Gasteiger partial charge in [0.1, 0.15) is 6.61 Å². The molecule has 0 saturated heterocycles. The van der Waals surface area contributed by atoms with Crippen molar-refractivity contribution in [2.24, 2.45) is 5.73 Å². The molecular weight excluding hydrogens is 518 g/mol. The lowest BCUT2D eigenvalue weighted by molar-refractivity contribution is 0.310. The van der Waals surface area contributed by atoms with Crippen molar-refractivity contribution in [2.45, 2.75) is 22.3 Å². The van der Waals surface area contributed by atoms with Crippen molar-refractivity contribution in [3.63, 3.8) is 0 Å². The first-order chi connectivity index (χ1) is 12.5. The van der Waals surface area contributed by atoms with Crippen LogP contribution in [0.3, 0.4) is 0 Å². The predicted molar refractivity (Wildman–Crippen MR) is 117 cm³/mol. The molecule has 0 radical (unpaired) electrons. The van der Waals surface area contributed by atoms with Crippen molar-refractivity contribution < 1.29 is 8.39 Å². The zero-order chi connectivity index (χ0) is 20.2. The Kier molecular flexibility index (Phi) is 8.44. The third-order valence-corrected chi connectivity index (χ3v) is 5.95. The summed E-state index contributed by atoms with van der Waals surface area (Å²) in [6, 6.07) is 14.0. The van der Waals surface area contributed by atoms with Gasteiger partial charge in [-0.05, 0) is 42.3 Å². The quantitative estimate of drug-likeness (QED) is 0.456. The number of halogens is 5. The van der Waals surface area contributed by atoms with E-state index in [1.54, 1.807) is 24.3 Å². The summed E-state index contributed by atoms with van der Waals surface area (Å²) in [5.41, 5.74) is 7.19. The van der Waals surface area contributed by atoms with E-state index in [2.05, 4.69) is 20.7 Å². The first-order valence-electron chi connectivity index (χ1n) is 7.68. The minimum atomic E-state index is -1.97. The van der Waals surface area contributed by atoms with E-state index in [0.29, 0.717) is 5.02 Å². The minimum absolute atomic E-state index is 0.346. The third kappa shape index (κ3) is 6.84. The summed E-state index contributed by atoms with van der Waals surface area (Å²) in [7, 11) is 0. The fraction of sp³-hybridized carbons (Fsp3) is 0.294. The van der Waals surface area contributed by atoms with Gasteiger partial charge in [-0.1, -0.05) is 86.6 Å². The van der Waals surface area contributed by atoms with Crippen LogP contribution in [0.4, 0.5) is 0 Å². The Bertz CT molecular complexity index is 787. The molecule has 3 unspecified atom stereocenters. The fourth-order valence-corrected chi connectivity index (χ4v) is 4.11. The number of benzene rings is 2. The number of nitrogens with two attached hydrogens (primary N) is 1. The summed E-state index contributed by atoms with van der Waals surface area (Å²) >= 11 is 24.4. The molecule has 3 atom stereocenters. The van der Waals surface area contributed by atoms with E-state index in [1.807, 2.05) is 31.2 Å². The highest BCUT2D eigenvalue weighted by atomic mass is 79.9. The Morgan fingerprint density at radius 2 is 1.70 bits per heavy atom. The molecule has 0 aromatic heterocycles. The fourth-order valence-electron chi connectivity index (χ4n) is 2.42. The summed E-state index contributed by atoms with van der Waals surface area (Å²) in [6.45, 7) is 1.47. The Morgan fingerprint density at radius 3 is 2.22 bits per heavy atom. The molecule has 148 valence electrons. The molecule has 4 nitrogen and oxygen atoms in total. The molecule has 0 fully saturated rings. The average Bonchev–Trinajstić information content (AvgIpc) is 2.60. The van der Waals surface area contributed by atoms with E-state index in [1.165, 1.54) is 0 Å². The Hall–Kier alpha value is 0.110. The van der Waals surface area contributed by atoms with Crippen LogP contribution in [-0.4, -0.2) is 14.6 Å². The monoisotopic (exact) mass is 532 g/mol. The van der Waals surface area contributed by atoms with Gasteiger partial charge in [-0.25, -0.2) is 8.93 Å². The van der Waals surface area contributed by atoms with Crippen molar-refractivity contribution in [2.75, 3.05) is 6.61 Å². The lowest BCUT2D eigenvalue weighted by Crippen LogP contribution is -2.49. The zero-order valence-corrected chi connectivity index (χ0v) is 19.5. The molecule has 2 aromatic rings. The molecule has 10 heteroatoms. The Labute approximate surface area is 189 Å². The molecule has 0 saturated carbocycles. The van der Waals surface area contributed by atoms with Crippen LogP contribution < -0.4 is 10.5 Å². The van der Waals surface area contributed by atoms with Gasteiger partial charge in [-0.3, -0.25) is 4.18 Å². The summed E-state index contributed by atoms with van der Waals surface area (Å²) in [6.07, 6.45) is 0. The summed E-state index contributed by atoms with van der Waals surface area (Å²) in [4.78, 5) is 0. The van der Waals surface area contributed by atoms with Crippen LogP contribution in [0.15, 0.2) is 53.0 Å². The van der Waals surface area contributed by atoms with Gasteiger partial charge in [0.2, 0.25) is 15.1 Å². The smallest absolute Gasteiger partial charge is 0.235 e. The molecule has 2 aromatic carbocycles. The van der Waals surface area contributed by atoms with Crippen LogP contribution in [0.2, 0.25) is 5.02 Å². The molecule has 0 bridgehead atoms. The molecule has 0 heterocycles. The van der Waals surface area contributed by atoms with Crippen molar-refractivity contribution in [1.82, 2.24) is 4.72 Å². The van der Waals surface area contributed by atoms with Crippen molar-refractivity contribution in [1.29, 1.82) is 0 Å². The highest BCUT2D eigenvalue weighted by Gasteiger charge is 2.37. The predicted octanol–water partition coefficient (Wildman–Crippen LogP) is 5.57. The molecule has 0 aliphatic carbocycles. The maximum Gasteiger partial charge on any atom is 0.235 e. The lowest BCUT2D eigenvalue weighted by Gasteiger charge is -2.36. The molecule has 0 aliphatic heterocycles. The van der Waals surface area contributed by atoms with E-state index in [4.69, 9.17) is 56.3 Å². The molecule has 0 amide bonds. The first kappa shape index (κ1) is 23.4. The Morgan fingerprint density at radius 1 is 1.15 bits per heavy atom. The van der Waals surface area contributed by atoms with E-state index in [9.17, 15) is 4.21 Å². The number of nitrogens with one attached hydrogen (secondary N) is 1. The van der Waals surface area contributed by atoms with Crippen molar-refractivity contribution in [3.8, 4) is 0 Å². The van der Waals surface area contributed by atoms with Gasteiger partial charge in [-0.2, -0.15) is 0 Å². The van der Waals surface area contributed by atoms with Crippen molar-refractivity contribution in [3.05, 3.63) is 69.2 Å². The molecule has 2 rings (SSSR count).